The minimum Gasteiger partial charge on any atom is -0.504 e. The number of carbonyl (C=O) groups excluding carboxylic acids is 1. The topological polar surface area (TPSA) is 67.8 Å². The van der Waals surface area contributed by atoms with E-state index in [0.29, 0.717) is 11.4 Å². The predicted molar refractivity (Wildman–Crippen MR) is 64.4 cm³/mol. The Balaban J connectivity index is 2.83. The Morgan fingerprint density at radius 2 is 2.00 bits per heavy atom. The van der Waals surface area contributed by atoms with Crippen LogP contribution in [0.1, 0.15) is 13.8 Å². The second-order valence-electron chi connectivity index (χ2n) is 4.06. The summed E-state index contributed by atoms with van der Waals surface area (Å²) in [5.41, 5.74) is -0.436. The number of amides is 1. The lowest BCUT2D eigenvalue weighted by molar-refractivity contribution is -0.133. The summed E-state index contributed by atoms with van der Waals surface area (Å²) in [7, 11) is 2.92. The molecular weight excluding hydrogens is 222 g/mol. The van der Waals surface area contributed by atoms with Crippen LogP contribution in [0.5, 0.6) is 11.5 Å². The molecule has 0 atom stereocenters. The maximum absolute atomic E-state index is 11.8. The number of anilines is 1. The van der Waals surface area contributed by atoms with Gasteiger partial charge in [0.1, 0.15) is 5.60 Å². The molecule has 0 aliphatic carbocycles. The van der Waals surface area contributed by atoms with Gasteiger partial charge in [-0.15, -0.1) is 0 Å². The molecule has 0 saturated heterocycles. The van der Waals surface area contributed by atoms with Crippen molar-refractivity contribution in [1.29, 1.82) is 0 Å². The van der Waals surface area contributed by atoms with Crippen molar-refractivity contribution in [2.75, 3.05) is 19.5 Å². The van der Waals surface area contributed by atoms with Crippen LogP contribution in [0.2, 0.25) is 0 Å². The van der Waals surface area contributed by atoms with E-state index < -0.39 is 5.60 Å². The number of benzene rings is 1. The molecule has 5 heteroatoms. The lowest BCUT2D eigenvalue weighted by atomic mass is 10.1. The third-order valence-corrected chi connectivity index (χ3v) is 2.49. The Kier molecular flexibility index (Phi) is 3.96. The molecule has 2 N–H and O–H groups in total. The van der Waals surface area contributed by atoms with E-state index in [2.05, 4.69) is 5.32 Å². The van der Waals surface area contributed by atoms with Gasteiger partial charge in [-0.1, -0.05) is 0 Å². The molecule has 0 aliphatic heterocycles. The maximum Gasteiger partial charge on any atom is 0.256 e. The first-order valence-electron chi connectivity index (χ1n) is 5.14. The molecule has 5 nitrogen and oxygen atoms in total. The number of phenols is 1. The third kappa shape index (κ3) is 3.10. The van der Waals surface area contributed by atoms with Gasteiger partial charge in [0, 0.05) is 18.9 Å². The van der Waals surface area contributed by atoms with Crippen molar-refractivity contribution in [2.24, 2.45) is 0 Å². The average molecular weight is 239 g/mol. The number of methoxy groups -OCH3 is 2. The Morgan fingerprint density at radius 1 is 1.35 bits per heavy atom. The van der Waals surface area contributed by atoms with Gasteiger partial charge < -0.3 is 19.9 Å². The van der Waals surface area contributed by atoms with Crippen molar-refractivity contribution in [1.82, 2.24) is 0 Å². The van der Waals surface area contributed by atoms with E-state index in [9.17, 15) is 9.90 Å². The minimum absolute atomic E-state index is 0.0273. The summed E-state index contributed by atoms with van der Waals surface area (Å²) in [6.45, 7) is 3.32. The molecule has 94 valence electrons. The van der Waals surface area contributed by atoms with Gasteiger partial charge in [0.25, 0.3) is 5.91 Å². The van der Waals surface area contributed by atoms with Crippen LogP contribution in [0.15, 0.2) is 18.2 Å². The fourth-order valence-corrected chi connectivity index (χ4v) is 1.14. The van der Waals surface area contributed by atoms with Crippen molar-refractivity contribution in [3.8, 4) is 11.5 Å². The van der Waals surface area contributed by atoms with Gasteiger partial charge in [0.05, 0.1) is 7.11 Å². The van der Waals surface area contributed by atoms with E-state index in [1.54, 1.807) is 26.0 Å². The highest BCUT2D eigenvalue weighted by Gasteiger charge is 2.27. The fourth-order valence-electron chi connectivity index (χ4n) is 1.14. The van der Waals surface area contributed by atoms with Crippen LogP contribution < -0.4 is 10.1 Å². The molecule has 0 saturated carbocycles. The average Bonchev–Trinajstić information content (AvgIpc) is 2.29. The van der Waals surface area contributed by atoms with Crippen LogP contribution in [0.3, 0.4) is 0 Å². The summed E-state index contributed by atoms with van der Waals surface area (Å²) in [5, 5.41) is 12.2. The maximum atomic E-state index is 11.8. The molecule has 0 heterocycles. The first-order valence-corrected chi connectivity index (χ1v) is 5.14. The van der Waals surface area contributed by atoms with Crippen molar-refractivity contribution >= 4 is 11.6 Å². The predicted octanol–water partition coefficient (Wildman–Crippen LogP) is 1.76. The van der Waals surface area contributed by atoms with Gasteiger partial charge in [-0.05, 0) is 26.0 Å². The summed E-state index contributed by atoms with van der Waals surface area (Å²) >= 11 is 0. The van der Waals surface area contributed by atoms with Crippen LogP contribution in [-0.2, 0) is 9.53 Å². The van der Waals surface area contributed by atoms with E-state index in [1.165, 1.54) is 20.3 Å². The molecule has 1 aromatic rings. The Labute approximate surface area is 100 Å². The molecule has 1 rings (SSSR count). The molecule has 1 aromatic carbocycles. The normalized spacial score (nSPS) is 11.1. The van der Waals surface area contributed by atoms with Crippen LogP contribution in [0.25, 0.3) is 0 Å². The summed E-state index contributed by atoms with van der Waals surface area (Å²) in [4.78, 5) is 11.8. The Bertz CT molecular complexity index is 415. The number of carbonyl (C=O) groups is 1. The van der Waals surface area contributed by atoms with Gasteiger partial charge in [-0.2, -0.15) is 0 Å². The van der Waals surface area contributed by atoms with Crippen molar-refractivity contribution in [3.63, 3.8) is 0 Å². The lowest BCUT2D eigenvalue weighted by Crippen LogP contribution is -2.38. The highest BCUT2D eigenvalue weighted by molar-refractivity contribution is 5.96. The molecule has 0 bridgehead atoms. The molecule has 0 aliphatic rings. The molecule has 0 unspecified atom stereocenters. The number of aromatic hydroxyl groups is 1. The van der Waals surface area contributed by atoms with Crippen LogP contribution >= 0.6 is 0 Å². The zero-order valence-corrected chi connectivity index (χ0v) is 10.4. The first-order chi connectivity index (χ1) is 7.90. The van der Waals surface area contributed by atoms with Crippen molar-refractivity contribution < 1.29 is 19.4 Å². The number of phenolic OH excluding ortho intramolecular Hbond substituents is 1. The number of nitrogens with one attached hydrogen (secondary N) is 1. The van der Waals surface area contributed by atoms with E-state index in [4.69, 9.17) is 9.47 Å². The van der Waals surface area contributed by atoms with Crippen molar-refractivity contribution in [2.45, 2.75) is 19.4 Å². The summed E-state index contributed by atoms with van der Waals surface area (Å²) in [6, 6.07) is 4.63. The van der Waals surface area contributed by atoms with E-state index in [-0.39, 0.29) is 11.7 Å². The van der Waals surface area contributed by atoms with Crippen LogP contribution in [0, 0.1) is 0 Å². The highest BCUT2D eigenvalue weighted by atomic mass is 16.5. The first kappa shape index (κ1) is 13.3. The number of ether oxygens (including phenoxy) is 2. The third-order valence-electron chi connectivity index (χ3n) is 2.49. The van der Waals surface area contributed by atoms with E-state index >= 15 is 0 Å². The largest absolute Gasteiger partial charge is 0.504 e. The molecule has 0 fully saturated rings. The van der Waals surface area contributed by atoms with Crippen LogP contribution in [-0.4, -0.2) is 30.8 Å². The van der Waals surface area contributed by atoms with Gasteiger partial charge in [0.2, 0.25) is 0 Å². The Hall–Kier alpha value is -1.75. The second-order valence-corrected chi connectivity index (χ2v) is 4.06. The van der Waals surface area contributed by atoms with Crippen LogP contribution in [0.4, 0.5) is 5.69 Å². The highest BCUT2D eigenvalue weighted by Crippen LogP contribution is 2.28. The minimum atomic E-state index is -0.921. The number of hydrogen-bond acceptors (Lipinski definition) is 4. The lowest BCUT2D eigenvalue weighted by Gasteiger charge is -2.21. The van der Waals surface area contributed by atoms with E-state index in [0.717, 1.165) is 0 Å². The molecular formula is C12H17NO4. The fraction of sp³-hybridized carbons (Fsp3) is 0.417. The Morgan fingerprint density at radius 3 is 2.47 bits per heavy atom. The quantitative estimate of drug-likeness (QED) is 0.840. The molecule has 0 radical (unpaired) electrons. The zero-order valence-electron chi connectivity index (χ0n) is 10.4. The molecule has 1 amide bonds. The molecule has 17 heavy (non-hydrogen) atoms. The molecule has 0 aromatic heterocycles. The van der Waals surface area contributed by atoms with Gasteiger partial charge >= 0.3 is 0 Å². The number of hydrogen-bond donors (Lipinski definition) is 2. The van der Waals surface area contributed by atoms with Gasteiger partial charge in [-0.25, -0.2) is 0 Å². The number of rotatable bonds is 4. The smallest absolute Gasteiger partial charge is 0.256 e. The van der Waals surface area contributed by atoms with Gasteiger partial charge in [-0.3, -0.25) is 4.79 Å². The zero-order chi connectivity index (χ0) is 13.1. The summed E-state index contributed by atoms with van der Waals surface area (Å²) in [5.74, 6) is 0.0408. The second kappa shape index (κ2) is 5.05. The summed E-state index contributed by atoms with van der Waals surface area (Å²) in [6.07, 6.45) is 0. The summed E-state index contributed by atoms with van der Waals surface area (Å²) < 4.78 is 9.95. The van der Waals surface area contributed by atoms with Crippen molar-refractivity contribution in [3.05, 3.63) is 18.2 Å². The van der Waals surface area contributed by atoms with E-state index in [1.807, 2.05) is 0 Å². The standard InChI is InChI=1S/C12H17NO4/c1-12(2,17-4)11(15)13-8-5-6-10(16-3)9(14)7-8/h5-7,14H,1-4H3,(H,13,15). The van der Waals surface area contributed by atoms with Gasteiger partial charge in [0.15, 0.2) is 11.5 Å². The SMILES string of the molecule is COc1ccc(NC(=O)C(C)(C)OC)cc1O. The molecule has 0 spiro atoms. The monoisotopic (exact) mass is 239 g/mol.